The molecular formula is C17H20ClNO. The lowest BCUT2D eigenvalue weighted by Gasteiger charge is -2.10. The first-order chi connectivity index (χ1) is 9.79. The molecule has 0 aromatic heterocycles. The second-order valence-corrected chi connectivity index (χ2v) is 5.00. The van der Waals surface area contributed by atoms with E-state index in [9.17, 15) is 0 Å². The van der Waals surface area contributed by atoms with E-state index in [-0.39, 0.29) is 0 Å². The van der Waals surface area contributed by atoms with E-state index in [1.54, 1.807) is 0 Å². The van der Waals surface area contributed by atoms with Gasteiger partial charge in [-0.15, -0.1) is 0 Å². The van der Waals surface area contributed by atoms with E-state index < -0.39 is 0 Å². The van der Waals surface area contributed by atoms with Gasteiger partial charge in [0, 0.05) is 12.2 Å². The van der Waals surface area contributed by atoms with Crippen molar-refractivity contribution in [2.24, 2.45) is 0 Å². The Hall–Kier alpha value is -1.67. The fourth-order valence-electron chi connectivity index (χ4n) is 2.05. The van der Waals surface area contributed by atoms with E-state index in [0.29, 0.717) is 11.6 Å². The fraction of sp³-hybridized carbons (Fsp3) is 0.294. The molecule has 0 saturated carbocycles. The van der Waals surface area contributed by atoms with Gasteiger partial charge >= 0.3 is 0 Å². The summed E-state index contributed by atoms with van der Waals surface area (Å²) in [6, 6.07) is 16.3. The minimum atomic E-state index is 0.629. The minimum Gasteiger partial charge on any atom is -0.492 e. The van der Waals surface area contributed by atoms with Crippen LogP contribution in [0.4, 0.5) is 5.69 Å². The van der Waals surface area contributed by atoms with Crippen LogP contribution in [0.2, 0.25) is 5.02 Å². The SMILES string of the molecule is CCOc1ccc(NCCCc2ccccc2)cc1Cl. The van der Waals surface area contributed by atoms with Gasteiger partial charge in [-0.05, 0) is 43.5 Å². The third-order valence-corrected chi connectivity index (χ3v) is 3.34. The molecule has 0 amide bonds. The quantitative estimate of drug-likeness (QED) is 0.740. The third-order valence-electron chi connectivity index (χ3n) is 3.05. The van der Waals surface area contributed by atoms with Gasteiger partial charge in [-0.25, -0.2) is 0 Å². The molecule has 0 saturated heterocycles. The van der Waals surface area contributed by atoms with Crippen molar-refractivity contribution in [2.45, 2.75) is 19.8 Å². The van der Waals surface area contributed by atoms with Crippen molar-refractivity contribution < 1.29 is 4.74 Å². The molecule has 106 valence electrons. The van der Waals surface area contributed by atoms with E-state index in [2.05, 4.69) is 29.6 Å². The summed E-state index contributed by atoms with van der Waals surface area (Å²) in [6.45, 7) is 3.51. The summed E-state index contributed by atoms with van der Waals surface area (Å²) in [5.41, 5.74) is 2.41. The Morgan fingerprint density at radius 1 is 1.10 bits per heavy atom. The van der Waals surface area contributed by atoms with Gasteiger partial charge in [-0.1, -0.05) is 41.9 Å². The van der Waals surface area contributed by atoms with Gasteiger partial charge in [0.1, 0.15) is 5.75 Å². The molecule has 2 rings (SSSR count). The molecule has 1 N–H and O–H groups in total. The maximum absolute atomic E-state index is 6.15. The van der Waals surface area contributed by atoms with Crippen LogP contribution in [0.3, 0.4) is 0 Å². The molecule has 0 heterocycles. The number of benzene rings is 2. The van der Waals surface area contributed by atoms with E-state index in [4.69, 9.17) is 16.3 Å². The Kier molecular flexibility index (Phi) is 5.75. The second kappa shape index (κ2) is 7.81. The van der Waals surface area contributed by atoms with Crippen molar-refractivity contribution in [3.63, 3.8) is 0 Å². The lowest BCUT2D eigenvalue weighted by Crippen LogP contribution is -2.03. The molecule has 0 spiro atoms. The molecular weight excluding hydrogens is 270 g/mol. The lowest BCUT2D eigenvalue weighted by atomic mass is 10.1. The van der Waals surface area contributed by atoms with Crippen LogP contribution in [0.1, 0.15) is 18.9 Å². The van der Waals surface area contributed by atoms with Crippen molar-refractivity contribution in [1.82, 2.24) is 0 Å². The topological polar surface area (TPSA) is 21.3 Å². The Labute approximate surface area is 125 Å². The van der Waals surface area contributed by atoms with E-state index in [1.807, 2.05) is 31.2 Å². The number of aryl methyl sites for hydroxylation is 1. The van der Waals surface area contributed by atoms with Crippen LogP contribution in [0, 0.1) is 0 Å². The molecule has 2 nitrogen and oxygen atoms in total. The molecule has 20 heavy (non-hydrogen) atoms. The Bertz CT molecular complexity index is 528. The van der Waals surface area contributed by atoms with Crippen LogP contribution >= 0.6 is 11.6 Å². The highest BCUT2D eigenvalue weighted by molar-refractivity contribution is 6.32. The first kappa shape index (κ1) is 14.7. The molecule has 0 fully saturated rings. The van der Waals surface area contributed by atoms with Crippen molar-refractivity contribution in [2.75, 3.05) is 18.5 Å². The Morgan fingerprint density at radius 2 is 1.90 bits per heavy atom. The molecule has 0 atom stereocenters. The summed E-state index contributed by atoms with van der Waals surface area (Å²) in [7, 11) is 0. The van der Waals surface area contributed by atoms with Gasteiger partial charge in [0.15, 0.2) is 0 Å². The average molecular weight is 290 g/mol. The van der Waals surface area contributed by atoms with Gasteiger partial charge in [0.25, 0.3) is 0 Å². The molecule has 0 aliphatic carbocycles. The molecule has 2 aromatic carbocycles. The zero-order chi connectivity index (χ0) is 14.2. The summed E-state index contributed by atoms with van der Waals surface area (Å²) in [6.07, 6.45) is 2.17. The first-order valence-electron chi connectivity index (χ1n) is 6.99. The molecule has 2 aromatic rings. The monoisotopic (exact) mass is 289 g/mol. The average Bonchev–Trinajstić information content (AvgIpc) is 2.48. The second-order valence-electron chi connectivity index (χ2n) is 4.59. The van der Waals surface area contributed by atoms with Crippen LogP contribution in [0.15, 0.2) is 48.5 Å². The zero-order valence-electron chi connectivity index (χ0n) is 11.7. The molecule has 0 radical (unpaired) electrons. The van der Waals surface area contributed by atoms with Gasteiger partial charge < -0.3 is 10.1 Å². The summed E-state index contributed by atoms with van der Waals surface area (Å²) in [4.78, 5) is 0. The van der Waals surface area contributed by atoms with Crippen LogP contribution in [0.25, 0.3) is 0 Å². The number of hydrogen-bond acceptors (Lipinski definition) is 2. The number of halogens is 1. The van der Waals surface area contributed by atoms with Gasteiger partial charge in [0.2, 0.25) is 0 Å². The van der Waals surface area contributed by atoms with E-state index >= 15 is 0 Å². The Morgan fingerprint density at radius 3 is 2.60 bits per heavy atom. The van der Waals surface area contributed by atoms with E-state index in [0.717, 1.165) is 30.8 Å². The summed E-state index contributed by atoms with van der Waals surface area (Å²) < 4.78 is 5.42. The number of hydrogen-bond donors (Lipinski definition) is 1. The summed E-state index contributed by atoms with van der Waals surface area (Å²) in [5, 5.41) is 4.04. The van der Waals surface area contributed by atoms with Crippen molar-refractivity contribution in [3.05, 3.63) is 59.1 Å². The highest BCUT2D eigenvalue weighted by atomic mass is 35.5. The minimum absolute atomic E-state index is 0.629. The summed E-state index contributed by atoms with van der Waals surface area (Å²) in [5.74, 6) is 0.740. The van der Waals surface area contributed by atoms with Gasteiger partial charge in [-0.2, -0.15) is 0 Å². The smallest absolute Gasteiger partial charge is 0.138 e. The van der Waals surface area contributed by atoms with Crippen LogP contribution in [-0.4, -0.2) is 13.2 Å². The maximum atomic E-state index is 6.15. The molecule has 0 bridgehead atoms. The highest BCUT2D eigenvalue weighted by Crippen LogP contribution is 2.27. The largest absolute Gasteiger partial charge is 0.492 e. The fourth-order valence-corrected chi connectivity index (χ4v) is 2.29. The third kappa shape index (κ3) is 4.46. The standard InChI is InChI=1S/C17H20ClNO/c1-2-20-17-11-10-15(13-16(17)18)19-12-6-9-14-7-4-3-5-8-14/h3-5,7-8,10-11,13,19H,2,6,9,12H2,1H3. The summed E-state index contributed by atoms with van der Waals surface area (Å²) >= 11 is 6.15. The predicted molar refractivity (Wildman–Crippen MR) is 85.9 cm³/mol. The van der Waals surface area contributed by atoms with Crippen LogP contribution < -0.4 is 10.1 Å². The molecule has 0 aliphatic heterocycles. The normalized spacial score (nSPS) is 10.3. The van der Waals surface area contributed by atoms with Crippen LogP contribution in [-0.2, 0) is 6.42 Å². The molecule has 3 heteroatoms. The lowest BCUT2D eigenvalue weighted by molar-refractivity contribution is 0.340. The van der Waals surface area contributed by atoms with Crippen molar-refractivity contribution >= 4 is 17.3 Å². The predicted octanol–water partition coefficient (Wildman–Crippen LogP) is 4.78. The van der Waals surface area contributed by atoms with Gasteiger partial charge in [0.05, 0.1) is 11.6 Å². The molecule has 0 unspecified atom stereocenters. The van der Waals surface area contributed by atoms with E-state index in [1.165, 1.54) is 5.56 Å². The number of rotatable bonds is 7. The number of nitrogens with one attached hydrogen (secondary N) is 1. The number of anilines is 1. The Balaban J connectivity index is 1.78. The zero-order valence-corrected chi connectivity index (χ0v) is 12.5. The maximum Gasteiger partial charge on any atom is 0.138 e. The van der Waals surface area contributed by atoms with Crippen LogP contribution in [0.5, 0.6) is 5.75 Å². The molecule has 0 aliphatic rings. The van der Waals surface area contributed by atoms with Crippen molar-refractivity contribution in [1.29, 1.82) is 0 Å². The van der Waals surface area contributed by atoms with Gasteiger partial charge in [-0.3, -0.25) is 0 Å². The van der Waals surface area contributed by atoms with Crippen molar-refractivity contribution in [3.8, 4) is 5.75 Å². The number of ether oxygens (including phenoxy) is 1. The first-order valence-corrected chi connectivity index (χ1v) is 7.37. The highest BCUT2D eigenvalue weighted by Gasteiger charge is 2.02.